The molecule has 1 aromatic carbocycles. The van der Waals surface area contributed by atoms with E-state index in [-0.39, 0.29) is 6.04 Å². The predicted molar refractivity (Wildman–Crippen MR) is 69.1 cm³/mol. The summed E-state index contributed by atoms with van der Waals surface area (Å²) in [5, 5.41) is 0. The number of fused-ring (bicyclic) bond motifs is 1. The molecular weight excluding hydrogens is 210 g/mol. The minimum absolute atomic E-state index is 0.172. The Hall–Kier alpha value is -1.02. The summed E-state index contributed by atoms with van der Waals surface area (Å²) < 4.78 is 5.86. The van der Waals surface area contributed by atoms with Crippen LogP contribution in [0, 0.1) is 5.92 Å². The average molecular weight is 231 g/mol. The van der Waals surface area contributed by atoms with Gasteiger partial charge in [-0.1, -0.05) is 31.0 Å². The van der Waals surface area contributed by atoms with Crippen molar-refractivity contribution in [1.82, 2.24) is 0 Å². The molecule has 3 rings (SSSR count). The molecule has 92 valence electrons. The van der Waals surface area contributed by atoms with Crippen LogP contribution >= 0.6 is 0 Å². The van der Waals surface area contributed by atoms with Gasteiger partial charge in [0.25, 0.3) is 0 Å². The lowest BCUT2D eigenvalue weighted by Gasteiger charge is -2.26. The van der Waals surface area contributed by atoms with Crippen LogP contribution in [0.25, 0.3) is 0 Å². The Morgan fingerprint density at radius 3 is 2.82 bits per heavy atom. The quantitative estimate of drug-likeness (QED) is 0.848. The molecule has 2 N–H and O–H groups in total. The molecule has 2 heteroatoms. The first-order chi connectivity index (χ1) is 8.36. The van der Waals surface area contributed by atoms with Gasteiger partial charge < -0.3 is 10.5 Å². The van der Waals surface area contributed by atoms with Crippen LogP contribution in [0.1, 0.15) is 49.3 Å². The highest BCUT2D eigenvalue weighted by Gasteiger charge is 2.27. The second-order valence-electron chi connectivity index (χ2n) is 5.36. The van der Waals surface area contributed by atoms with Crippen LogP contribution in [-0.4, -0.2) is 6.61 Å². The van der Waals surface area contributed by atoms with Crippen molar-refractivity contribution < 1.29 is 4.74 Å². The molecule has 1 saturated carbocycles. The monoisotopic (exact) mass is 231 g/mol. The molecule has 1 heterocycles. The van der Waals surface area contributed by atoms with E-state index in [0.717, 1.165) is 25.2 Å². The van der Waals surface area contributed by atoms with E-state index in [1.807, 2.05) is 0 Å². The second-order valence-corrected chi connectivity index (χ2v) is 5.36. The van der Waals surface area contributed by atoms with E-state index >= 15 is 0 Å². The van der Waals surface area contributed by atoms with Gasteiger partial charge in [0.15, 0.2) is 0 Å². The molecule has 1 fully saturated rings. The SMILES string of the molecule is NC(c1cccc2c1OCCC2)C1CCCC1. The Morgan fingerprint density at radius 1 is 1.18 bits per heavy atom. The Morgan fingerprint density at radius 2 is 2.00 bits per heavy atom. The number of benzene rings is 1. The zero-order valence-electron chi connectivity index (χ0n) is 10.3. The number of rotatable bonds is 2. The summed E-state index contributed by atoms with van der Waals surface area (Å²) in [5.74, 6) is 1.75. The molecule has 2 nitrogen and oxygen atoms in total. The minimum atomic E-state index is 0.172. The maximum atomic E-state index is 6.44. The van der Waals surface area contributed by atoms with Crippen molar-refractivity contribution in [2.45, 2.75) is 44.6 Å². The third-order valence-corrected chi connectivity index (χ3v) is 4.23. The van der Waals surface area contributed by atoms with Crippen molar-refractivity contribution in [3.05, 3.63) is 29.3 Å². The topological polar surface area (TPSA) is 35.2 Å². The molecule has 1 unspecified atom stereocenters. The smallest absolute Gasteiger partial charge is 0.127 e. The molecule has 1 aliphatic carbocycles. The first kappa shape index (κ1) is 11.1. The van der Waals surface area contributed by atoms with Gasteiger partial charge in [0, 0.05) is 11.6 Å². The third kappa shape index (κ3) is 2.06. The molecular formula is C15H21NO. The van der Waals surface area contributed by atoms with Crippen LogP contribution in [-0.2, 0) is 6.42 Å². The molecule has 0 bridgehead atoms. The number of hydrogen-bond acceptors (Lipinski definition) is 2. The minimum Gasteiger partial charge on any atom is -0.493 e. The Kier molecular flexibility index (Phi) is 3.06. The van der Waals surface area contributed by atoms with E-state index in [2.05, 4.69) is 18.2 Å². The highest BCUT2D eigenvalue weighted by molar-refractivity contribution is 5.44. The van der Waals surface area contributed by atoms with Gasteiger partial charge in [-0.05, 0) is 37.2 Å². The van der Waals surface area contributed by atoms with Gasteiger partial charge in [-0.2, -0.15) is 0 Å². The van der Waals surface area contributed by atoms with Crippen molar-refractivity contribution in [1.29, 1.82) is 0 Å². The normalized spacial score (nSPS) is 21.9. The van der Waals surface area contributed by atoms with Crippen molar-refractivity contribution in [3.8, 4) is 5.75 Å². The van der Waals surface area contributed by atoms with Crippen molar-refractivity contribution in [2.24, 2.45) is 11.7 Å². The summed E-state index contributed by atoms with van der Waals surface area (Å²) >= 11 is 0. The van der Waals surface area contributed by atoms with Crippen LogP contribution in [0.4, 0.5) is 0 Å². The highest BCUT2D eigenvalue weighted by atomic mass is 16.5. The predicted octanol–water partition coefficient (Wildman–Crippen LogP) is 3.20. The summed E-state index contributed by atoms with van der Waals surface area (Å²) in [5.41, 5.74) is 9.04. The lowest BCUT2D eigenvalue weighted by molar-refractivity contribution is 0.279. The molecule has 0 aromatic heterocycles. The molecule has 0 spiro atoms. The van der Waals surface area contributed by atoms with E-state index in [1.54, 1.807) is 0 Å². The standard InChI is InChI=1S/C15H21NO/c16-14(11-5-1-2-6-11)13-9-3-7-12-8-4-10-17-15(12)13/h3,7,9,11,14H,1-2,4-6,8,10,16H2. The third-order valence-electron chi connectivity index (χ3n) is 4.23. The first-order valence-corrected chi connectivity index (χ1v) is 6.86. The van der Waals surface area contributed by atoms with E-state index in [0.29, 0.717) is 5.92 Å². The summed E-state index contributed by atoms with van der Waals surface area (Å²) in [6.45, 7) is 0.849. The molecule has 0 amide bonds. The van der Waals surface area contributed by atoms with Crippen LogP contribution in [0.15, 0.2) is 18.2 Å². The van der Waals surface area contributed by atoms with Crippen LogP contribution < -0.4 is 10.5 Å². The van der Waals surface area contributed by atoms with Crippen molar-refractivity contribution in [2.75, 3.05) is 6.61 Å². The van der Waals surface area contributed by atoms with Crippen LogP contribution in [0.2, 0.25) is 0 Å². The van der Waals surface area contributed by atoms with Crippen LogP contribution in [0.3, 0.4) is 0 Å². The highest BCUT2D eigenvalue weighted by Crippen LogP contribution is 2.39. The van der Waals surface area contributed by atoms with Crippen LogP contribution in [0.5, 0.6) is 5.75 Å². The van der Waals surface area contributed by atoms with Gasteiger partial charge in [0.05, 0.1) is 6.61 Å². The number of hydrogen-bond donors (Lipinski definition) is 1. The summed E-state index contributed by atoms with van der Waals surface area (Å²) in [4.78, 5) is 0. The van der Waals surface area contributed by atoms with Crippen molar-refractivity contribution >= 4 is 0 Å². The maximum absolute atomic E-state index is 6.44. The largest absolute Gasteiger partial charge is 0.493 e. The summed E-state index contributed by atoms with van der Waals surface area (Å²) in [6, 6.07) is 6.65. The molecule has 17 heavy (non-hydrogen) atoms. The van der Waals surface area contributed by atoms with Gasteiger partial charge in [-0.3, -0.25) is 0 Å². The van der Waals surface area contributed by atoms with E-state index in [9.17, 15) is 0 Å². The zero-order valence-corrected chi connectivity index (χ0v) is 10.3. The van der Waals surface area contributed by atoms with E-state index in [4.69, 9.17) is 10.5 Å². The second kappa shape index (κ2) is 4.69. The Labute approximate surface area is 103 Å². The van der Waals surface area contributed by atoms with Crippen molar-refractivity contribution in [3.63, 3.8) is 0 Å². The number of nitrogens with two attached hydrogens (primary N) is 1. The van der Waals surface area contributed by atoms with Gasteiger partial charge in [-0.15, -0.1) is 0 Å². The number of para-hydroxylation sites is 1. The number of aryl methyl sites for hydroxylation is 1. The molecule has 1 aliphatic heterocycles. The lowest BCUT2D eigenvalue weighted by atomic mass is 9.89. The summed E-state index contributed by atoms with van der Waals surface area (Å²) in [7, 11) is 0. The fourth-order valence-corrected chi connectivity index (χ4v) is 3.25. The number of ether oxygens (including phenoxy) is 1. The lowest BCUT2D eigenvalue weighted by Crippen LogP contribution is -2.22. The average Bonchev–Trinajstić information content (AvgIpc) is 2.91. The van der Waals surface area contributed by atoms with E-state index < -0.39 is 0 Å². The molecule has 0 radical (unpaired) electrons. The van der Waals surface area contributed by atoms with Gasteiger partial charge >= 0.3 is 0 Å². The van der Waals surface area contributed by atoms with Gasteiger partial charge in [0.1, 0.15) is 5.75 Å². The molecule has 1 atom stereocenters. The fourth-order valence-electron chi connectivity index (χ4n) is 3.25. The fraction of sp³-hybridized carbons (Fsp3) is 0.600. The maximum Gasteiger partial charge on any atom is 0.127 e. The van der Waals surface area contributed by atoms with Gasteiger partial charge in [-0.25, -0.2) is 0 Å². The zero-order chi connectivity index (χ0) is 11.7. The first-order valence-electron chi connectivity index (χ1n) is 6.86. The van der Waals surface area contributed by atoms with E-state index in [1.165, 1.54) is 36.8 Å². The molecule has 1 aromatic rings. The molecule has 2 aliphatic rings. The Bertz CT molecular complexity index is 396. The van der Waals surface area contributed by atoms with Gasteiger partial charge in [0.2, 0.25) is 0 Å². The Balaban J connectivity index is 1.91. The summed E-state index contributed by atoms with van der Waals surface area (Å²) in [6.07, 6.45) is 7.52. The molecule has 0 saturated heterocycles.